The normalized spacial score (nSPS) is 15.9. The van der Waals surface area contributed by atoms with Gasteiger partial charge in [-0.3, -0.25) is 0 Å². The molecule has 0 saturated carbocycles. The van der Waals surface area contributed by atoms with E-state index in [9.17, 15) is 0 Å². The van der Waals surface area contributed by atoms with Crippen LogP contribution in [0.3, 0.4) is 0 Å². The van der Waals surface area contributed by atoms with E-state index in [4.69, 9.17) is 4.74 Å². The average molecular weight is 288 g/mol. The van der Waals surface area contributed by atoms with Crippen molar-refractivity contribution in [3.05, 3.63) is 45.4 Å². The number of benzene rings is 1. The Morgan fingerprint density at radius 2 is 2.20 bits per heavy atom. The van der Waals surface area contributed by atoms with Crippen LogP contribution in [0.1, 0.15) is 35.7 Å². The van der Waals surface area contributed by atoms with E-state index in [2.05, 4.69) is 47.7 Å². The summed E-state index contributed by atoms with van der Waals surface area (Å²) in [7, 11) is 0. The lowest BCUT2D eigenvalue weighted by Crippen LogP contribution is -2.24. The second kappa shape index (κ2) is 5.19. The number of nitrogens with one attached hydrogen (secondary N) is 1. The third-order valence-electron chi connectivity index (χ3n) is 3.40. The van der Waals surface area contributed by atoms with E-state index in [0.717, 1.165) is 36.0 Å². The molecule has 0 unspecified atom stereocenters. The lowest BCUT2D eigenvalue weighted by atomic mass is 10.0. The fraction of sp³-hybridized carbons (Fsp3) is 0.438. The molecule has 106 valence electrons. The number of rotatable bonds is 4. The van der Waals surface area contributed by atoms with Gasteiger partial charge in [-0.15, -0.1) is 11.3 Å². The van der Waals surface area contributed by atoms with Gasteiger partial charge < -0.3 is 10.1 Å². The van der Waals surface area contributed by atoms with Crippen LogP contribution < -0.4 is 10.1 Å². The summed E-state index contributed by atoms with van der Waals surface area (Å²) in [5.41, 5.74) is 3.66. The van der Waals surface area contributed by atoms with Crippen molar-refractivity contribution in [2.45, 2.75) is 45.9 Å². The fourth-order valence-electron chi connectivity index (χ4n) is 2.57. The lowest BCUT2D eigenvalue weighted by Gasteiger charge is -2.16. The van der Waals surface area contributed by atoms with Crippen molar-refractivity contribution in [2.24, 2.45) is 0 Å². The van der Waals surface area contributed by atoms with Gasteiger partial charge in [-0.2, -0.15) is 0 Å². The molecule has 3 rings (SSSR count). The SMILES string of the molecule is Cc1csc(CNCc2ccc3c(c2)CC(C)(C)O3)n1. The molecule has 0 saturated heterocycles. The standard InChI is InChI=1S/C16H20N2OS/c1-11-10-20-15(18-11)9-17-8-12-4-5-14-13(6-12)7-16(2,3)19-14/h4-6,10,17H,7-9H2,1-3H3. The predicted octanol–water partition coefficient (Wildman–Crippen LogP) is 3.45. The number of aromatic nitrogens is 1. The Hall–Kier alpha value is -1.39. The Morgan fingerprint density at radius 3 is 2.95 bits per heavy atom. The Labute approximate surface area is 124 Å². The molecule has 1 aliphatic heterocycles. The van der Waals surface area contributed by atoms with Crippen molar-refractivity contribution in [1.29, 1.82) is 0 Å². The second-order valence-electron chi connectivity index (χ2n) is 5.97. The van der Waals surface area contributed by atoms with Crippen molar-refractivity contribution in [3.8, 4) is 5.75 Å². The van der Waals surface area contributed by atoms with Gasteiger partial charge in [0.15, 0.2) is 0 Å². The van der Waals surface area contributed by atoms with Crippen LogP contribution in [-0.4, -0.2) is 10.6 Å². The molecule has 0 fully saturated rings. The highest BCUT2D eigenvalue weighted by Gasteiger charge is 2.29. The van der Waals surface area contributed by atoms with Crippen molar-refractivity contribution in [1.82, 2.24) is 10.3 Å². The first-order valence-electron chi connectivity index (χ1n) is 6.94. The molecule has 4 heteroatoms. The minimum Gasteiger partial charge on any atom is -0.487 e. The molecule has 2 aromatic rings. The Balaban J connectivity index is 1.59. The van der Waals surface area contributed by atoms with Crippen molar-refractivity contribution < 1.29 is 4.74 Å². The third kappa shape index (κ3) is 3.02. The third-order valence-corrected chi connectivity index (χ3v) is 4.37. The summed E-state index contributed by atoms with van der Waals surface area (Å²) < 4.78 is 5.90. The summed E-state index contributed by atoms with van der Waals surface area (Å²) >= 11 is 1.71. The van der Waals surface area contributed by atoms with Gasteiger partial charge in [0.2, 0.25) is 0 Å². The van der Waals surface area contributed by atoms with Crippen LogP contribution in [0.4, 0.5) is 0 Å². The molecule has 0 atom stereocenters. The fourth-order valence-corrected chi connectivity index (χ4v) is 3.31. The summed E-state index contributed by atoms with van der Waals surface area (Å²) in [6.45, 7) is 8.00. The van der Waals surface area contributed by atoms with E-state index in [1.165, 1.54) is 11.1 Å². The molecule has 0 spiro atoms. The molecule has 20 heavy (non-hydrogen) atoms. The zero-order valence-electron chi connectivity index (χ0n) is 12.2. The molecular formula is C16H20N2OS. The summed E-state index contributed by atoms with van der Waals surface area (Å²) in [6, 6.07) is 6.49. The van der Waals surface area contributed by atoms with E-state index < -0.39 is 0 Å². The summed E-state index contributed by atoms with van der Waals surface area (Å²) in [6.07, 6.45) is 0.988. The second-order valence-corrected chi connectivity index (χ2v) is 6.91. The summed E-state index contributed by atoms with van der Waals surface area (Å²) in [4.78, 5) is 4.45. The molecule has 1 aliphatic rings. The number of hydrogen-bond acceptors (Lipinski definition) is 4. The highest BCUT2D eigenvalue weighted by atomic mass is 32.1. The van der Waals surface area contributed by atoms with Crippen LogP contribution in [-0.2, 0) is 19.5 Å². The minimum absolute atomic E-state index is 0.0627. The van der Waals surface area contributed by atoms with Gasteiger partial charge in [0.05, 0.1) is 0 Å². The first-order valence-corrected chi connectivity index (χ1v) is 7.82. The first-order chi connectivity index (χ1) is 9.52. The lowest BCUT2D eigenvalue weighted by molar-refractivity contribution is 0.138. The topological polar surface area (TPSA) is 34.1 Å². The molecule has 0 bridgehead atoms. The van der Waals surface area contributed by atoms with Gasteiger partial charge in [-0.05, 0) is 38.0 Å². The number of nitrogens with zero attached hydrogens (tertiary/aromatic N) is 1. The van der Waals surface area contributed by atoms with Crippen LogP contribution in [0.2, 0.25) is 0 Å². The Morgan fingerprint density at radius 1 is 1.35 bits per heavy atom. The maximum absolute atomic E-state index is 5.90. The molecule has 2 heterocycles. The van der Waals surface area contributed by atoms with E-state index >= 15 is 0 Å². The number of aryl methyl sites for hydroxylation is 1. The zero-order chi connectivity index (χ0) is 14.2. The molecule has 0 aliphatic carbocycles. The van der Waals surface area contributed by atoms with Gasteiger partial charge in [0.25, 0.3) is 0 Å². The number of thiazole rings is 1. The molecule has 1 aromatic heterocycles. The van der Waals surface area contributed by atoms with Crippen LogP contribution >= 0.6 is 11.3 Å². The maximum atomic E-state index is 5.90. The van der Waals surface area contributed by atoms with E-state index in [1.54, 1.807) is 11.3 Å². The van der Waals surface area contributed by atoms with Gasteiger partial charge in [-0.25, -0.2) is 4.98 Å². The molecule has 1 aromatic carbocycles. The molecule has 3 nitrogen and oxygen atoms in total. The molecule has 0 radical (unpaired) electrons. The highest BCUT2D eigenvalue weighted by Crippen LogP contribution is 2.35. The Bertz CT molecular complexity index is 619. The zero-order valence-corrected chi connectivity index (χ0v) is 13.0. The van der Waals surface area contributed by atoms with E-state index in [0.29, 0.717) is 0 Å². The summed E-state index contributed by atoms with van der Waals surface area (Å²) in [5, 5.41) is 6.69. The number of hydrogen-bond donors (Lipinski definition) is 1. The van der Waals surface area contributed by atoms with Crippen molar-refractivity contribution in [3.63, 3.8) is 0 Å². The number of ether oxygens (including phenoxy) is 1. The number of fused-ring (bicyclic) bond motifs is 1. The monoisotopic (exact) mass is 288 g/mol. The van der Waals surface area contributed by atoms with Gasteiger partial charge in [0, 0.05) is 30.6 Å². The van der Waals surface area contributed by atoms with E-state index in [-0.39, 0.29) is 5.60 Å². The quantitative estimate of drug-likeness (QED) is 0.935. The van der Waals surface area contributed by atoms with Crippen molar-refractivity contribution in [2.75, 3.05) is 0 Å². The largest absolute Gasteiger partial charge is 0.487 e. The van der Waals surface area contributed by atoms with Gasteiger partial charge in [0.1, 0.15) is 16.4 Å². The van der Waals surface area contributed by atoms with Crippen molar-refractivity contribution >= 4 is 11.3 Å². The van der Waals surface area contributed by atoms with Gasteiger partial charge in [-0.1, -0.05) is 12.1 Å². The molecule has 0 amide bonds. The molecular weight excluding hydrogens is 268 g/mol. The van der Waals surface area contributed by atoms with Gasteiger partial charge >= 0.3 is 0 Å². The van der Waals surface area contributed by atoms with Crippen LogP contribution in [0.15, 0.2) is 23.6 Å². The van der Waals surface area contributed by atoms with E-state index in [1.807, 2.05) is 6.92 Å². The summed E-state index contributed by atoms with van der Waals surface area (Å²) in [5.74, 6) is 1.04. The predicted molar refractivity (Wildman–Crippen MR) is 82.2 cm³/mol. The highest BCUT2D eigenvalue weighted by molar-refractivity contribution is 7.09. The molecule has 1 N–H and O–H groups in total. The average Bonchev–Trinajstić information content (AvgIpc) is 2.90. The smallest absolute Gasteiger partial charge is 0.123 e. The maximum Gasteiger partial charge on any atom is 0.123 e. The van der Waals surface area contributed by atoms with Crippen LogP contribution in [0.25, 0.3) is 0 Å². The van der Waals surface area contributed by atoms with Crippen LogP contribution in [0.5, 0.6) is 5.75 Å². The minimum atomic E-state index is -0.0627. The Kier molecular flexibility index (Phi) is 3.52. The first kappa shape index (κ1) is 13.6. The van der Waals surface area contributed by atoms with Crippen LogP contribution in [0, 0.1) is 6.92 Å².